The molecular formula is C27H22N2O2S. The van der Waals surface area contributed by atoms with Crippen molar-refractivity contribution in [3.8, 4) is 0 Å². The van der Waals surface area contributed by atoms with Crippen molar-refractivity contribution in [2.45, 2.75) is 13.8 Å². The summed E-state index contributed by atoms with van der Waals surface area (Å²) in [6.07, 6.45) is 5.13. The maximum Gasteiger partial charge on any atom is 0.270 e. The molecule has 1 aliphatic heterocycles. The number of thiocarbonyl (C=S) groups is 1. The lowest BCUT2D eigenvalue weighted by molar-refractivity contribution is -0.120. The summed E-state index contributed by atoms with van der Waals surface area (Å²) in [6, 6.07) is 24.5. The monoisotopic (exact) mass is 438 g/mol. The molecule has 3 aromatic carbocycles. The van der Waals surface area contributed by atoms with Crippen LogP contribution < -0.4 is 9.80 Å². The topological polar surface area (TPSA) is 40.6 Å². The van der Waals surface area contributed by atoms with E-state index in [2.05, 4.69) is 0 Å². The fourth-order valence-electron chi connectivity index (χ4n) is 3.47. The van der Waals surface area contributed by atoms with Gasteiger partial charge >= 0.3 is 0 Å². The molecule has 4 rings (SSSR count). The van der Waals surface area contributed by atoms with Crippen LogP contribution in [0, 0.1) is 13.8 Å². The highest BCUT2D eigenvalue weighted by Crippen LogP contribution is 2.30. The van der Waals surface area contributed by atoms with Gasteiger partial charge in [0.1, 0.15) is 5.57 Å². The van der Waals surface area contributed by atoms with Crippen molar-refractivity contribution < 1.29 is 9.59 Å². The van der Waals surface area contributed by atoms with Crippen LogP contribution in [0.5, 0.6) is 0 Å². The molecule has 1 heterocycles. The van der Waals surface area contributed by atoms with Gasteiger partial charge in [0.25, 0.3) is 11.8 Å². The molecule has 32 heavy (non-hydrogen) atoms. The first kappa shape index (κ1) is 21.4. The average Bonchev–Trinajstić information content (AvgIpc) is 2.80. The molecule has 0 spiro atoms. The maximum absolute atomic E-state index is 13.5. The van der Waals surface area contributed by atoms with Crippen LogP contribution in [0.2, 0.25) is 0 Å². The lowest BCUT2D eigenvalue weighted by atomic mass is 10.1. The van der Waals surface area contributed by atoms with Gasteiger partial charge in [-0.1, -0.05) is 66.7 Å². The number of aryl methyl sites for hydroxylation is 2. The van der Waals surface area contributed by atoms with Gasteiger partial charge in [0.05, 0.1) is 11.4 Å². The van der Waals surface area contributed by atoms with Crippen LogP contribution in [0.4, 0.5) is 11.4 Å². The van der Waals surface area contributed by atoms with Crippen molar-refractivity contribution in [2.24, 2.45) is 0 Å². The number of benzene rings is 3. The van der Waals surface area contributed by atoms with E-state index in [0.29, 0.717) is 11.4 Å². The summed E-state index contributed by atoms with van der Waals surface area (Å²) in [4.78, 5) is 29.7. The standard InChI is InChI=1S/C27H22N2O2S/c1-19-16-17-23(18-20(19)2)29-26(31)24(15-9-12-21-10-5-3-6-11-21)25(30)28(27(29)32)22-13-7-4-8-14-22/h3-18H,1-2H3/b12-9+,24-15+. The number of hydrogen-bond donors (Lipinski definition) is 0. The van der Waals surface area contributed by atoms with Gasteiger partial charge in [0, 0.05) is 0 Å². The van der Waals surface area contributed by atoms with Crippen molar-refractivity contribution in [3.05, 3.63) is 113 Å². The molecule has 2 amide bonds. The number of carbonyl (C=O) groups excluding carboxylic acids is 2. The van der Waals surface area contributed by atoms with Crippen LogP contribution in [0.1, 0.15) is 16.7 Å². The van der Waals surface area contributed by atoms with E-state index in [-0.39, 0.29) is 10.7 Å². The molecular weight excluding hydrogens is 416 g/mol. The molecule has 0 aromatic heterocycles. The van der Waals surface area contributed by atoms with Gasteiger partial charge < -0.3 is 0 Å². The molecule has 0 unspecified atom stereocenters. The van der Waals surface area contributed by atoms with Gasteiger partial charge in [-0.25, -0.2) is 0 Å². The summed E-state index contributed by atoms with van der Waals surface area (Å²) < 4.78 is 0. The summed E-state index contributed by atoms with van der Waals surface area (Å²) >= 11 is 5.65. The number of rotatable bonds is 4. The molecule has 158 valence electrons. The molecule has 0 saturated carbocycles. The maximum atomic E-state index is 13.5. The summed E-state index contributed by atoms with van der Waals surface area (Å²) in [5.41, 5.74) is 4.42. The number of carbonyl (C=O) groups is 2. The van der Waals surface area contributed by atoms with E-state index in [1.54, 1.807) is 24.3 Å². The van der Waals surface area contributed by atoms with Crippen LogP contribution in [0.3, 0.4) is 0 Å². The fraction of sp³-hybridized carbons (Fsp3) is 0.0741. The number of hydrogen-bond acceptors (Lipinski definition) is 3. The van der Waals surface area contributed by atoms with Gasteiger partial charge in [-0.3, -0.25) is 19.4 Å². The quantitative estimate of drug-likeness (QED) is 0.302. The lowest BCUT2D eigenvalue weighted by Gasteiger charge is -2.36. The smallest absolute Gasteiger partial charge is 0.268 e. The van der Waals surface area contributed by atoms with Crippen molar-refractivity contribution in [1.82, 2.24) is 0 Å². The Morgan fingerprint density at radius 3 is 1.94 bits per heavy atom. The van der Waals surface area contributed by atoms with Gasteiger partial charge in [-0.2, -0.15) is 0 Å². The van der Waals surface area contributed by atoms with Crippen LogP contribution in [-0.2, 0) is 9.59 Å². The fourth-order valence-corrected chi connectivity index (χ4v) is 3.84. The number of amides is 2. The number of allylic oxidation sites excluding steroid dienone is 2. The molecule has 3 aromatic rings. The first-order valence-electron chi connectivity index (χ1n) is 10.3. The van der Waals surface area contributed by atoms with E-state index >= 15 is 0 Å². The Labute approximate surface area is 193 Å². The van der Waals surface area contributed by atoms with Crippen molar-refractivity contribution in [1.29, 1.82) is 0 Å². The molecule has 0 aliphatic carbocycles. The summed E-state index contributed by atoms with van der Waals surface area (Å²) in [5.74, 6) is -0.878. The second-order valence-corrected chi connectivity index (χ2v) is 7.88. The number of nitrogens with zero attached hydrogens (tertiary/aromatic N) is 2. The third-order valence-corrected chi connectivity index (χ3v) is 5.73. The minimum Gasteiger partial charge on any atom is -0.268 e. The second kappa shape index (κ2) is 9.12. The first-order valence-corrected chi connectivity index (χ1v) is 10.7. The Balaban J connectivity index is 1.80. The van der Waals surface area contributed by atoms with Crippen LogP contribution in [0.15, 0.2) is 96.6 Å². The zero-order valence-corrected chi connectivity index (χ0v) is 18.7. The number of anilines is 2. The molecule has 1 aliphatic rings. The SMILES string of the molecule is Cc1ccc(N2C(=O)/C(=C/C=C/c3ccccc3)C(=O)N(c3ccccc3)C2=S)cc1C. The Morgan fingerprint density at radius 1 is 0.719 bits per heavy atom. The highest BCUT2D eigenvalue weighted by Gasteiger charge is 2.40. The van der Waals surface area contributed by atoms with E-state index in [4.69, 9.17) is 12.2 Å². The molecule has 0 atom stereocenters. The van der Waals surface area contributed by atoms with Crippen LogP contribution >= 0.6 is 12.2 Å². The third kappa shape index (κ3) is 4.15. The Kier molecular flexibility index (Phi) is 6.10. The largest absolute Gasteiger partial charge is 0.270 e. The Hall–Kier alpha value is -3.83. The first-order chi connectivity index (χ1) is 15.5. The minimum atomic E-state index is -0.441. The predicted molar refractivity (Wildman–Crippen MR) is 133 cm³/mol. The average molecular weight is 439 g/mol. The van der Waals surface area contributed by atoms with Crippen molar-refractivity contribution in [2.75, 3.05) is 9.80 Å². The van der Waals surface area contributed by atoms with E-state index < -0.39 is 11.8 Å². The van der Waals surface area contributed by atoms with Crippen molar-refractivity contribution >= 4 is 46.6 Å². The summed E-state index contributed by atoms with van der Waals surface area (Å²) in [7, 11) is 0. The van der Waals surface area contributed by atoms with Crippen LogP contribution in [0.25, 0.3) is 6.08 Å². The van der Waals surface area contributed by atoms with Crippen LogP contribution in [-0.4, -0.2) is 16.9 Å². The minimum absolute atomic E-state index is 0.0489. The van der Waals surface area contributed by atoms with Gasteiger partial charge in [0.2, 0.25) is 0 Å². The normalized spacial score (nSPS) is 15.8. The zero-order chi connectivity index (χ0) is 22.7. The highest BCUT2D eigenvalue weighted by molar-refractivity contribution is 7.81. The van der Waals surface area contributed by atoms with E-state index in [0.717, 1.165) is 16.7 Å². The lowest BCUT2D eigenvalue weighted by Crippen LogP contribution is -2.57. The summed E-state index contributed by atoms with van der Waals surface area (Å²) in [6.45, 7) is 3.99. The second-order valence-electron chi connectivity index (χ2n) is 7.52. The van der Waals surface area contributed by atoms with Gasteiger partial charge in [-0.05, 0) is 73.1 Å². The van der Waals surface area contributed by atoms with Crippen molar-refractivity contribution in [3.63, 3.8) is 0 Å². The van der Waals surface area contributed by atoms with E-state index in [9.17, 15) is 9.59 Å². The molecule has 0 N–H and O–H groups in total. The molecule has 1 saturated heterocycles. The predicted octanol–water partition coefficient (Wildman–Crippen LogP) is 5.61. The zero-order valence-electron chi connectivity index (χ0n) is 17.9. The van der Waals surface area contributed by atoms with Gasteiger partial charge in [0.15, 0.2) is 5.11 Å². The summed E-state index contributed by atoms with van der Waals surface area (Å²) in [5, 5.41) is 0.138. The van der Waals surface area contributed by atoms with E-state index in [1.807, 2.05) is 86.7 Å². The highest BCUT2D eigenvalue weighted by atomic mass is 32.1. The number of para-hydroxylation sites is 1. The molecule has 5 heteroatoms. The van der Waals surface area contributed by atoms with Gasteiger partial charge in [-0.15, -0.1) is 0 Å². The molecule has 4 nitrogen and oxygen atoms in total. The Bertz CT molecular complexity index is 1250. The molecule has 0 bridgehead atoms. The Morgan fingerprint density at radius 2 is 1.31 bits per heavy atom. The van der Waals surface area contributed by atoms with E-state index in [1.165, 1.54) is 9.80 Å². The molecule has 1 fully saturated rings. The third-order valence-electron chi connectivity index (χ3n) is 5.36. The molecule has 0 radical (unpaired) electrons.